The second-order valence-corrected chi connectivity index (χ2v) is 3.58. The average Bonchev–Trinajstić information content (AvgIpc) is 2.50. The van der Waals surface area contributed by atoms with Crippen molar-refractivity contribution in [1.82, 2.24) is 0 Å². The highest BCUT2D eigenvalue weighted by Gasteiger charge is 2.28. The second kappa shape index (κ2) is 3.91. The zero-order valence-electron chi connectivity index (χ0n) is 7.47. The number of allylic oxidation sites excluding steroid dienone is 1. The van der Waals surface area contributed by atoms with Gasteiger partial charge in [0.2, 0.25) is 0 Å². The number of rotatable bonds is 3. The molecule has 0 unspecified atom stereocenters. The molecule has 0 atom stereocenters. The molecule has 0 aliphatic heterocycles. The molecule has 2 N–H and O–H groups in total. The molecular formula is C10H19N. The van der Waals surface area contributed by atoms with Gasteiger partial charge in [-0.1, -0.05) is 31.9 Å². The third-order valence-electron chi connectivity index (χ3n) is 2.71. The van der Waals surface area contributed by atoms with Gasteiger partial charge in [0.15, 0.2) is 0 Å². The minimum absolute atomic E-state index is 0.385. The van der Waals surface area contributed by atoms with Crippen LogP contribution >= 0.6 is 0 Å². The van der Waals surface area contributed by atoms with Crippen molar-refractivity contribution in [3.63, 3.8) is 0 Å². The van der Waals surface area contributed by atoms with Crippen LogP contribution in [0.1, 0.15) is 39.0 Å². The van der Waals surface area contributed by atoms with E-state index >= 15 is 0 Å². The summed E-state index contributed by atoms with van der Waals surface area (Å²) in [6.45, 7) is 3.01. The van der Waals surface area contributed by atoms with Crippen LogP contribution in [-0.2, 0) is 0 Å². The number of hydrogen-bond acceptors (Lipinski definition) is 1. The summed E-state index contributed by atoms with van der Waals surface area (Å²) in [4.78, 5) is 0. The molecule has 0 aromatic carbocycles. The van der Waals surface area contributed by atoms with Gasteiger partial charge < -0.3 is 5.73 Å². The fraction of sp³-hybridized carbons (Fsp3) is 0.800. The number of nitrogens with two attached hydrogens (primary N) is 1. The standard InChI is InChI=1S/C10H19N/c1-2-3-6-10(9-11)7-4-5-8-10/h3,6H,2,4-5,7-9,11H2,1H3/b6-3+. The highest BCUT2D eigenvalue weighted by atomic mass is 14.6. The van der Waals surface area contributed by atoms with E-state index in [1.165, 1.54) is 25.7 Å². The quantitative estimate of drug-likeness (QED) is 0.619. The van der Waals surface area contributed by atoms with Crippen LogP contribution in [0.25, 0.3) is 0 Å². The predicted molar refractivity (Wildman–Crippen MR) is 49.4 cm³/mol. The Kier molecular flexibility index (Phi) is 3.13. The lowest BCUT2D eigenvalue weighted by atomic mass is 9.86. The second-order valence-electron chi connectivity index (χ2n) is 3.58. The first-order valence-corrected chi connectivity index (χ1v) is 4.71. The van der Waals surface area contributed by atoms with Crippen LogP contribution in [0.5, 0.6) is 0 Å². The van der Waals surface area contributed by atoms with Gasteiger partial charge in [-0.15, -0.1) is 0 Å². The first-order valence-electron chi connectivity index (χ1n) is 4.71. The van der Waals surface area contributed by atoms with E-state index in [0.29, 0.717) is 5.41 Å². The van der Waals surface area contributed by atoms with Crippen LogP contribution in [0.2, 0.25) is 0 Å². The molecule has 64 valence electrons. The Morgan fingerprint density at radius 2 is 2.00 bits per heavy atom. The van der Waals surface area contributed by atoms with E-state index in [4.69, 9.17) is 5.73 Å². The molecule has 1 nitrogen and oxygen atoms in total. The van der Waals surface area contributed by atoms with E-state index in [1.807, 2.05) is 0 Å². The molecule has 0 bridgehead atoms. The molecule has 0 saturated heterocycles. The summed E-state index contributed by atoms with van der Waals surface area (Å²) in [6.07, 6.45) is 11.1. The molecule has 0 aromatic heterocycles. The summed E-state index contributed by atoms with van der Waals surface area (Å²) in [5.74, 6) is 0. The van der Waals surface area contributed by atoms with Crippen LogP contribution in [0.4, 0.5) is 0 Å². The normalized spacial score (nSPS) is 23.1. The van der Waals surface area contributed by atoms with Gasteiger partial charge in [-0.05, 0) is 19.3 Å². The predicted octanol–water partition coefficient (Wildman–Crippen LogP) is 2.47. The zero-order valence-corrected chi connectivity index (χ0v) is 7.47. The summed E-state index contributed by atoms with van der Waals surface area (Å²) in [5, 5.41) is 0. The van der Waals surface area contributed by atoms with E-state index in [-0.39, 0.29) is 0 Å². The van der Waals surface area contributed by atoms with Crippen molar-refractivity contribution in [2.75, 3.05) is 6.54 Å². The van der Waals surface area contributed by atoms with E-state index < -0.39 is 0 Å². The summed E-state index contributed by atoms with van der Waals surface area (Å²) in [5.41, 5.74) is 6.14. The Morgan fingerprint density at radius 3 is 2.45 bits per heavy atom. The van der Waals surface area contributed by atoms with Crippen molar-refractivity contribution in [3.8, 4) is 0 Å². The van der Waals surface area contributed by atoms with Crippen molar-refractivity contribution in [2.24, 2.45) is 11.1 Å². The van der Waals surface area contributed by atoms with Gasteiger partial charge in [-0.2, -0.15) is 0 Å². The largest absolute Gasteiger partial charge is 0.330 e. The lowest BCUT2D eigenvalue weighted by Crippen LogP contribution is -2.24. The highest BCUT2D eigenvalue weighted by Crippen LogP contribution is 2.38. The van der Waals surface area contributed by atoms with Gasteiger partial charge in [0.05, 0.1) is 0 Å². The maximum absolute atomic E-state index is 5.76. The van der Waals surface area contributed by atoms with E-state index in [0.717, 1.165) is 13.0 Å². The molecule has 1 aliphatic rings. The van der Waals surface area contributed by atoms with Crippen molar-refractivity contribution in [2.45, 2.75) is 39.0 Å². The van der Waals surface area contributed by atoms with E-state index in [2.05, 4.69) is 19.1 Å². The monoisotopic (exact) mass is 153 g/mol. The lowest BCUT2D eigenvalue weighted by Gasteiger charge is -2.22. The van der Waals surface area contributed by atoms with Gasteiger partial charge in [0.25, 0.3) is 0 Å². The molecule has 1 aliphatic carbocycles. The SMILES string of the molecule is CC/C=C/C1(CN)CCCC1. The first-order chi connectivity index (χ1) is 5.33. The van der Waals surface area contributed by atoms with Crippen molar-refractivity contribution in [3.05, 3.63) is 12.2 Å². The topological polar surface area (TPSA) is 26.0 Å². The van der Waals surface area contributed by atoms with Crippen LogP contribution in [0.3, 0.4) is 0 Å². The fourth-order valence-corrected chi connectivity index (χ4v) is 1.89. The van der Waals surface area contributed by atoms with Crippen LogP contribution in [-0.4, -0.2) is 6.54 Å². The van der Waals surface area contributed by atoms with Crippen LogP contribution < -0.4 is 5.73 Å². The van der Waals surface area contributed by atoms with Crippen molar-refractivity contribution >= 4 is 0 Å². The third-order valence-corrected chi connectivity index (χ3v) is 2.71. The van der Waals surface area contributed by atoms with Crippen LogP contribution in [0.15, 0.2) is 12.2 Å². The molecule has 0 heterocycles. The van der Waals surface area contributed by atoms with Gasteiger partial charge in [0, 0.05) is 12.0 Å². The average molecular weight is 153 g/mol. The van der Waals surface area contributed by atoms with Crippen LogP contribution in [0, 0.1) is 5.41 Å². The molecule has 0 amide bonds. The van der Waals surface area contributed by atoms with Gasteiger partial charge in [0.1, 0.15) is 0 Å². The Hall–Kier alpha value is -0.300. The minimum atomic E-state index is 0.385. The molecular weight excluding hydrogens is 134 g/mol. The molecule has 1 fully saturated rings. The molecule has 11 heavy (non-hydrogen) atoms. The van der Waals surface area contributed by atoms with E-state index in [9.17, 15) is 0 Å². The first kappa shape index (κ1) is 8.79. The lowest BCUT2D eigenvalue weighted by molar-refractivity contribution is 0.408. The smallest absolute Gasteiger partial charge is 0.00142 e. The summed E-state index contributed by atoms with van der Waals surface area (Å²) < 4.78 is 0. The van der Waals surface area contributed by atoms with Gasteiger partial charge in [-0.3, -0.25) is 0 Å². The Balaban J connectivity index is 2.52. The maximum atomic E-state index is 5.76. The Labute approximate surface area is 69.7 Å². The van der Waals surface area contributed by atoms with Crippen molar-refractivity contribution < 1.29 is 0 Å². The summed E-state index contributed by atoms with van der Waals surface area (Å²) in [6, 6.07) is 0. The Morgan fingerprint density at radius 1 is 1.36 bits per heavy atom. The molecule has 0 aromatic rings. The zero-order chi connectivity index (χ0) is 8.16. The third kappa shape index (κ3) is 2.06. The molecule has 1 rings (SSSR count). The van der Waals surface area contributed by atoms with E-state index in [1.54, 1.807) is 0 Å². The minimum Gasteiger partial charge on any atom is -0.330 e. The Bertz CT molecular complexity index is 132. The fourth-order valence-electron chi connectivity index (χ4n) is 1.89. The number of hydrogen-bond donors (Lipinski definition) is 1. The summed E-state index contributed by atoms with van der Waals surface area (Å²) >= 11 is 0. The molecule has 0 spiro atoms. The maximum Gasteiger partial charge on any atom is 0.00142 e. The highest BCUT2D eigenvalue weighted by molar-refractivity contribution is 5.02. The molecule has 1 saturated carbocycles. The van der Waals surface area contributed by atoms with Gasteiger partial charge >= 0.3 is 0 Å². The van der Waals surface area contributed by atoms with Gasteiger partial charge in [-0.25, -0.2) is 0 Å². The summed E-state index contributed by atoms with van der Waals surface area (Å²) in [7, 11) is 0. The molecule has 0 radical (unpaired) electrons. The molecule has 1 heteroatoms. The van der Waals surface area contributed by atoms with Crippen molar-refractivity contribution in [1.29, 1.82) is 0 Å².